The molecule has 0 radical (unpaired) electrons. The predicted octanol–water partition coefficient (Wildman–Crippen LogP) is 2.58. The molecule has 2 rings (SSSR count). The molecule has 0 aliphatic rings. The van der Waals surface area contributed by atoms with Gasteiger partial charge in [-0.1, -0.05) is 12.1 Å². The fourth-order valence-electron chi connectivity index (χ4n) is 1.84. The number of hydrogen-bond donors (Lipinski definition) is 3. The fourth-order valence-corrected chi connectivity index (χ4v) is 2.10. The Balaban J connectivity index is 2.24. The molecular formula is C15H16N2O3S. The minimum atomic E-state index is -0.222. The predicted molar refractivity (Wildman–Crippen MR) is 84.8 cm³/mol. The lowest BCUT2D eigenvalue weighted by Gasteiger charge is -2.12. The van der Waals surface area contributed by atoms with E-state index >= 15 is 0 Å². The van der Waals surface area contributed by atoms with Crippen molar-refractivity contribution in [3.8, 4) is 11.3 Å². The van der Waals surface area contributed by atoms with Crippen LogP contribution in [0.2, 0.25) is 0 Å². The molecule has 0 atom stereocenters. The van der Waals surface area contributed by atoms with Crippen LogP contribution in [0.15, 0.2) is 34.7 Å². The maximum atomic E-state index is 11.0. The zero-order valence-electron chi connectivity index (χ0n) is 11.8. The number of carbonyl (C=O) groups is 1. The summed E-state index contributed by atoms with van der Waals surface area (Å²) in [5.41, 5.74) is 2.63. The Hall–Kier alpha value is -2.18. The van der Waals surface area contributed by atoms with E-state index in [0.717, 1.165) is 16.8 Å². The fraction of sp³-hybridized carbons (Fsp3) is 0.200. The maximum absolute atomic E-state index is 11.0. The van der Waals surface area contributed by atoms with Gasteiger partial charge < -0.3 is 20.2 Å². The van der Waals surface area contributed by atoms with Crippen LogP contribution in [0, 0.1) is 6.92 Å². The summed E-state index contributed by atoms with van der Waals surface area (Å²) in [4.78, 5) is 11.0. The molecule has 6 heteroatoms. The Morgan fingerprint density at radius 3 is 2.71 bits per heavy atom. The SMILES string of the molecule is CC(=O)NC(=S)Nc1cc(-c2ccc(CO)o2)ccc1C. The van der Waals surface area contributed by atoms with Crippen molar-refractivity contribution in [3.05, 3.63) is 41.7 Å². The number of nitrogens with one attached hydrogen (secondary N) is 2. The Labute approximate surface area is 128 Å². The van der Waals surface area contributed by atoms with Crippen LogP contribution in [0.25, 0.3) is 11.3 Å². The van der Waals surface area contributed by atoms with Gasteiger partial charge in [-0.3, -0.25) is 4.79 Å². The number of hydrogen-bond acceptors (Lipinski definition) is 4. The zero-order valence-corrected chi connectivity index (χ0v) is 12.6. The maximum Gasteiger partial charge on any atom is 0.222 e. The molecule has 110 valence electrons. The Kier molecular flexibility index (Phi) is 4.72. The lowest BCUT2D eigenvalue weighted by molar-refractivity contribution is -0.117. The van der Waals surface area contributed by atoms with Crippen molar-refractivity contribution in [2.24, 2.45) is 0 Å². The van der Waals surface area contributed by atoms with Gasteiger partial charge in [0.05, 0.1) is 0 Å². The molecule has 0 bridgehead atoms. The highest BCUT2D eigenvalue weighted by molar-refractivity contribution is 7.80. The largest absolute Gasteiger partial charge is 0.459 e. The van der Waals surface area contributed by atoms with Crippen LogP contribution in [0.5, 0.6) is 0 Å². The Bertz CT molecular complexity index is 679. The average Bonchev–Trinajstić information content (AvgIpc) is 2.89. The second-order valence-corrected chi connectivity index (χ2v) is 5.00. The number of aliphatic hydroxyl groups excluding tert-OH is 1. The molecule has 0 unspecified atom stereocenters. The third kappa shape index (κ3) is 3.90. The van der Waals surface area contributed by atoms with E-state index in [1.165, 1.54) is 6.92 Å². The minimum absolute atomic E-state index is 0.135. The van der Waals surface area contributed by atoms with Crippen LogP contribution in [-0.2, 0) is 11.4 Å². The third-order valence-corrected chi connectivity index (χ3v) is 3.08. The van der Waals surface area contributed by atoms with Crippen molar-refractivity contribution >= 4 is 28.9 Å². The molecule has 1 aromatic heterocycles. The molecule has 0 spiro atoms. The van der Waals surface area contributed by atoms with E-state index in [4.69, 9.17) is 21.7 Å². The molecule has 1 aromatic carbocycles. The normalized spacial score (nSPS) is 10.2. The summed E-state index contributed by atoms with van der Waals surface area (Å²) in [6.45, 7) is 3.20. The van der Waals surface area contributed by atoms with Gasteiger partial charge in [0, 0.05) is 18.2 Å². The van der Waals surface area contributed by atoms with Crippen LogP contribution in [0.4, 0.5) is 5.69 Å². The summed E-state index contributed by atoms with van der Waals surface area (Å²) in [6.07, 6.45) is 0. The Morgan fingerprint density at radius 1 is 1.33 bits per heavy atom. The number of thiocarbonyl (C=S) groups is 1. The molecule has 2 aromatic rings. The van der Waals surface area contributed by atoms with E-state index in [0.29, 0.717) is 11.5 Å². The number of aryl methyl sites for hydroxylation is 1. The summed E-state index contributed by atoms with van der Waals surface area (Å²) in [5, 5.41) is 14.8. The van der Waals surface area contributed by atoms with Gasteiger partial charge in [-0.2, -0.15) is 0 Å². The first-order chi connectivity index (χ1) is 9.99. The first kappa shape index (κ1) is 15.2. The first-order valence-corrected chi connectivity index (χ1v) is 6.79. The number of benzene rings is 1. The van der Waals surface area contributed by atoms with Crippen molar-refractivity contribution < 1.29 is 14.3 Å². The van der Waals surface area contributed by atoms with E-state index in [1.54, 1.807) is 12.1 Å². The number of furan rings is 1. The van der Waals surface area contributed by atoms with Gasteiger partial charge in [-0.15, -0.1) is 0 Å². The highest BCUT2D eigenvalue weighted by Gasteiger charge is 2.08. The standard InChI is InChI=1S/C15H16N2O3S/c1-9-3-4-11(14-6-5-12(8-18)20-14)7-13(9)17-15(21)16-10(2)19/h3-7,18H,8H2,1-2H3,(H2,16,17,19,21). The highest BCUT2D eigenvalue weighted by Crippen LogP contribution is 2.27. The Morgan fingerprint density at radius 2 is 2.10 bits per heavy atom. The summed E-state index contributed by atoms with van der Waals surface area (Å²) < 4.78 is 5.50. The summed E-state index contributed by atoms with van der Waals surface area (Å²) in [7, 11) is 0. The van der Waals surface area contributed by atoms with Crippen molar-refractivity contribution in [2.45, 2.75) is 20.5 Å². The van der Waals surface area contributed by atoms with E-state index in [1.807, 2.05) is 25.1 Å². The van der Waals surface area contributed by atoms with Gasteiger partial charge in [-0.05, 0) is 42.9 Å². The monoisotopic (exact) mass is 304 g/mol. The van der Waals surface area contributed by atoms with Crippen LogP contribution >= 0.6 is 12.2 Å². The molecule has 3 N–H and O–H groups in total. The molecular weight excluding hydrogens is 288 g/mol. The van der Waals surface area contributed by atoms with Gasteiger partial charge in [-0.25, -0.2) is 0 Å². The van der Waals surface area contributed by atoms with Gasteiger partial charge in [0.25, 0.3) is 0 Å². The summed E-state index contributed by atoms with van der Waals surface area (Å²) in [5.74, 6) is 0.946. The van der Waals surface area contributed by atoms with Gasteiger partial charge in [0.2, 0.25) is 5.91 Å². The van der Waals surface area contributed by atoms with Crippen molar-refractivity contribution in [3.63, 3.8) is 0 Å². The smallest absolute Gasteiger partial charge is 0.222 e. The molecule has 0 fully saturated rings. The number of rotatable bonds is 3. The molecule has 1 amide bonds. The van der Waals surface area contributed by atoms with Crippen molar-refractivity contribution in [2.75, 3.05) is 5.32 Å². The zero-order chi connectivity index (χ0) is 15.4. The van der Waals surface area contributed by atoms with Gasteiger partial charge in [0.1, 0.15) is 18.1 Å². The first-order valence-electron chi connectivity index (χ1n) is 6.38. The highest BCUT2D eigenvalue weighted by atomic mass is 32.1. The van der Waals surface area contributed by atoms with Gasteiger partial charge in [0.15, 0.2) is 5.11 Å². The number of aliphatic hydroxyl groups is 1. The average molecular weight is 304 g/mol. The van der Waals surface area contributed by atoms with Crippen LogP contribution in [-0.4, -0.2) is 16.1 Å². The molecule has 21 heavy (non-hydrogen) atoms. The summed E-state index contributed by atoms with van der Waals surface area (Å²) in [6, 6.07) is 9.25. The number of anilines is 1. The van der Waals surface area contributed by atoms with E-state index in [9.17, 15) is 4.79 Å². The number of amides is 1. The molecule has 5 nitrogen and oxygen atoms in total. The molecule has 0 saturated heterocycles. The van der Waals surface area contributed by atoms with Crippen LogP contribution in [0.3, 0.4) is 0 Å². The molecule has 0 saturated carbocycles. The van der Waals surface area contributed by atoms with E-state index in [2.05, 4.69) is 10.6 Å². The third-order valence-electron chi connectivity index (χ3n) is 2.88. The number of carbonyl (C=O) groups excluding carboxylic acids is 1. The topological polar surface area (TPSA) is 74.5 Å². The van der Waals surface area contributed by atoms with Crippen LogP contribution in [0.1, 0.15) is 18.2 Å². The molecule has 1 heterocycles. The second kappa shape index (κ2) is 6.51. The van der Waals surface area contributed by atoms with Crippen LogP contribution < -0.4 is 10.6 Å². The summed E-state index contributed by atoms with van der Waals surface area (Å²) >= 11 is 5.06. The van der Waals surface area contributed by atoms with Gasteiger partial charge >= 0.3 is 0 Å². The minimum Gasteiger partial charge on any atom is -0.459 e. The second-order valence-electron chi connectivity index (χ2n) is 4.59. The van der Waals surface area contributed by atoms with E-state index in [-0.39, 0.29) is 17.6 Å². The lowest BCUT2D eigenvalue weighted by atomic mass is 10.1. The molecule has 0 aliphatic carbocycles. The lowest BCUT2D eigenvalue weighted by Crippen LogP contribution is -2.32. The van der Waals surface area contributed by atoms with E-state index < -0.39 is 0 Å². The quantitative estimate of drug-likeness (QED) is 0.760. The van der Waals surface area contributed by atoms with Crippen molar-refractivity contribution in [1.82, 2.24) is 5.32 Å². The molecule has 0 aliphatic heterocycles. The van der Waals surface area contributed by atoms with Crippen molar-refractivity contribution in [1.29, 1.82) is 0 Å².